The van der Waals surface area contributed by atoms with Gasteiger partial charge in [0.05, 0.1) is 22.5 Å². The standard InChI is InChI=1S/C19H18F3N3O2S/c1-28-11-17-23-13-6-2-4-8-15(13)25(17)10-18(26)24-14-7-3-5-9-16(14)27-12-19(20,21)22/h2-9H,10-12H2,1H3,(H,24,26). The highest BCUT2D eigenvalue weighted by atomic mass is 32.2. The molecular weight excluding hydrogens is 391 g/mol. The van der Waals surface area contributed by atoms with Gasteiger partial charge < -0.3 is 14.6 Å². The van der Waals surface area contributed by atoms with Gasteiger partial charge in [0.1, 0.15) is 18.1 Å². The number of hydrogen-bond acceptors (Lipinski definition) is 4. The minimum absolute atomic E-state index is 0.00991. The summed E-state index contributed by atoms with van der Waals surface area (Å²) in [5.41, 5.74) is 1.80. The fraction of sp³-hybridized carbons (Fsp3) is 0.263. The molecule has 148 valence electrons. The van der Waals surface area contributed by atoms with Gasteiger partial charge in [-0.05, 0) is 30.5 Å². The molecule has 0 aliphatic carbocycles. The van der Waals surface area contributed by atoms with E-state index in [2.05, 4.69) is 10.3 Å². The molecule has 0 radical (unpaired) electrons. The maximum absolute atomic E-state index is 12.6. The SMILES string of the molecule is CSCc1nc2ccccc2n1CC(=O)Nc1ccccc1OCC(F)(F)F. The van der Waals surface area contributed by atoms with Gasteiger partial charge in [0.15, 0.2) is 6.61 Å². The van der Waals surface area contributed by atoms with Crippen LogP contribution in [0, 0.1) is 0 Å². The zero-order chi connectivity index (χ0) is 20.1. The normalized spacial score (nSPS) is 11.6. The van der Waals surface area contributed by atoms with E-state index in [0.29, 0.717) is 5.75 Å². The summed E-state index contributed by atoms with van der Waals surface area (Å²) in [6.45, 7) is -1.44. The number of rotatable bonds is 7. The van der Waals surface area contributed by atoms with Crippen LogP contribution in [0.3, 0.4) is 0 Å². The van der Waals surface area contributed by atoms with Crippen LogP contribution < -0.4 is 10.1 Å². The van der Waals surface area contributed by atoms with E-state index >= 15 is 0 Å². The summed E-state index contributed by atoms with van der Waals surface area (Å²) in [4.78, 5) is 17.1. The van der Waals surface area contributed by atoms with Gasteiger partial charge in [0.25, 0.3) is 0 Å². The predicted molar refractivity (Wildman–Crippen MR) is 104 cm³/mol. The Morgan fingerprint density at radius 3 is 2.64 bits per heavy atom. The lowest BCUT2D eigenvalue weighted by molar-refractivity contribution is -0.153. The van der Waals surface area contributed by atoms with Gasteiger partial charge in [-0.2, -0.15) is 24.9 Å². The van der Waals surface area contributed by atoms with Crippen molar-refractivity contribution in [1.29, 1.82) is 0 Å². The number of carbonyl (C=O) groups is 1. The van der Waals surface area contributed by atoms with Gasteiger partial charge in [-0.3, -0.25) is 4.79 Å². The number of nitrogens with zero attached hydrogens (tertiary/aromatic N) is 2. The first-order valence-electron chi connectivity index (χ1n) is 8.39. The molecule has 0 bridgehead atoms. The highest BCUT2D eigenvalue weighted by Gasteiger charge is 2.29. The van der Waals surface area contributed by atoms with E-state index in [9.17, 15) is 18.0 Å². The third-order valence-electron chi connectivity index (χ3n) is 3.86. The molecule has 5 nitrogen and oxygen atoms in total. The summed E-state index contributed by atoms with van der Waals surface area (Å²) in [5, 5.41) is 2.63. The number of carbonyl (C=O) groups excluding carboxylic acids is 1. The van der Waals surface area contributed by atoms with Gasteiger partial charge >= 0.3 is 6.18 Å². The molecule has 3 rings (SSSR count). The van der Waals surface area contributed by atoms with Crippen LogP contribution in [0.15, 0.2) is 48.5 Å². The number of amides is 1. The molecule has 0 unspecified atom stereocenters. The van der Waals surface area contributed by atoms with Crippen molar-refractivity contribution in [3.8, 4) is 5.75 Å². The second-order valence-corrected chi connectivity index (χ2v) is 6.85. The third kappa shape index (κ3) is 4.98. The topological polar surface area (TPSA) is 56.2 Å². The Hall–Kier alpha value is -2.68. The number of para-hydroxylation sites is 4. The van der Waals surface area contributed by atoms with Gasteiger partial charge in [-0.1, -0.05) is 24.3 Å². The zero-order valence-electron chi connectivity index (χ0n) is 15.0. The van der Waals surface area contributed by atoms with Crippen molar-refractivity contribution < 1.29 is 22.7 Å². The molecule has 0 atom stereocenters. The Labute approximate surface area is 163 Å². The molecule has 0 spiro atoms. The fourth-order valence-electron chi connectivity index (χ4n) is 2.73. The van der Waals surface area contributed by atoms with Gasteiger partial charge in [-0.25, -0.2) is 4.98 Å². The van der Waals surface area contributed by atoms with Crippen molar-refractivity contribution in [3.05, 3.63) is 54.4 Å². The minimum Gasteiger partial charge on any atom is -0.482 e. The molecule has 1 aromatic heterocycles. The molecule has 1 amide bonds. The quantitative estimate of drug-likeness (QED) is 0.625. The fourth-order valence-corrected chi connectivity index (χ4v) is 3.21. The van der Waals surface area contributed by atoms with Crippen molar-refractivity contribution in [1.82, 2.24) is 9.55 Å². The number of imidazole rings is 1. The predicted octanol–water partition coefficient (Wildman–Crippen LogP) is 4.48. The lowest BCUT2D eigenvalue weighted by Crippen LogP contribution is -2.22. The number of fused-ring (bicyclic) bond motifs is 1. The number of anilines is 1. The van der Waals surface area contributed by atoms with Crippen molar-refractivity contribution in [2.75, 3.05) is 18.2 Å². The molecule has 0 saturated heterocycles. The summed E-state index contributed by atoms with van der Waals surface area (Å²) < 4.78 is 43.9. The van der Waals surface area contributed by atoms with Crippen LogP contribution in [-0.2, 0) is 17.1 Å². The maximum atomic E-state index is 12.6. The number of thioether (sulfide) groups is 1. The zero-order valence-corrected chi connectivity index (χ0v) is 15.8. The molecular formula is C19H18F3N3O2S. The summed E-state index contributed by atoms with van der Waals surface area (Å²) in [5.74, 6) is 0.972. The summed E-state index contributed by atoms with van der Waals surface area (Å²) >= 11 is 1.58. The average Bonchev–Trinajstić information content (AvgIpc) is 2.98. The van der Waals surface area contributed by atoms with E-state index in [0.717, 1.165) is 16.9 Å². The Morgan fingerprint density at radius 1 is 1.18 bits per heavy atom. The van der Waals surface area contributed by atoms with E-state index in [-0.39, 0.29) is 23.9 Å². The molecule has 0 aliphatic heterocycles. The van der Waals surface area contributed by atoms with Crippen molar-refractivity contribution in [2.45, 2.75) is 18.5 Å². The third-order valence-corrected chi connectivity index (χ3v) is 4.41. The Kier molecular flexibility index (Phi) is 6.13. The van der Waals surface area contributed by atoms with E-state index in [4.69, 9.17) is 4.74 Å². The summed E-state index contributed by atoms with van der Waals surface area (Å²) in [7, 11) is 0. The summed E-state index contributed by atoms with van der Waals surface area (Å²) in [6.07, 6.45) is -2.52. The van der Waals surface area contributed by atoms with Gasteiger partial charge in [0, 0.05) is 0 Å². The Morgan fingerprint density at radius 2 is 1.89 bits per heavy atom. The summed E-state index contributed by atoms with van der Waals surface area (Å²) in [6, 6.07) is 13.5. The second-order valence-electron chi connectivity index (χ2n) is 5.98. The molecule has 0 saturated carbocycles. The minimum atomic E-state index is -4.46. The van der Waals surface area contributed by atoms with E-state index in [1.54, 1.807) is 28.5 Å². The molecule has 2 aromatic carbocycles. The van der Waals surface area contributed by atoms with Crippen LogP contribution in [0.25, 0.3) is 11.0 Å². The monoisotopic (exact) mass is 409 g/mol. The second kappa shape index (κ2) is 8.55. The number of alkyl halides is 3. The highest BCUT2D eigenvalue weighted by Crippen LogP contribution is 2.26. The Balaban J connectivity index is 1.78. The molecule has 0 fully saturated rings. The van der Waals surface area contributed by atoms with E-state index in [1.807, 2.05) is 30.5 Å². The number of nitrogens with one attached hydrogen (secondary N) is 1. The van der Waals surface area contributed by atoms with E-state index < -0.39 is 12.8 Å². The van der Waals surface area contributed by atoms with Crippen LogP contribution in [-0.4, -0.2) is 34.5 Å². The van der Waals surface area contributed by atoms with Gasteiger partial charge in [0.2, 0.25) is 5.91 Å². The maximum Gasteiger partial charge on any atom is 0.422 e. The highest BCUT2D eigenvalue weighted by molar-refractivity contribution is 7.97. The van der Waals surface area contributed by atoms with Crippen molar-refractivity contribution >= 4 is 34.4 Å². The van der Waals surface area contributed by atoms with Crippen LogP contribution in [0.5, 0.6) is 5.75 Å². The largest absolute Gasteiger partial charge is 0.482 e. The Bertz CT molecular complexity index is 972. The van der Waals surface area contributed by atoms with Crippen LogP contribution in [0.2, 0.25) is 0 Å². The molecule has 3 aromatic rings. The van der Waals surface area contributed by atoms with Crippen LogP contribution in [0.4, 0.5) is 18.9 Å². The number of halogens is 3. The molecule has 1 N–H and O–H groups in total. The first kappa shape index (κ1) is 20.1. The molecule has 1 heterocycles. The lowest BCUT2D eigenvalue weighted by Gasteiger charge is -2.14. The average molecular weight is 409 g/mol. The number of ether oxygens (including phenoxy) is 1. The van der Waals surface area contributed by atoms with Gasteiger partial charge in [-0.15, -0.1) is 0 Å². The smallest absolute Gasteiger partial charge is 0.422 e. The van der Waals surface area contributed by atoms with Crippen molar-refractivity contribution in [2.24, 2.45) is 0 Å². The molecule has 9 heteroatoms. The van der Waals surface area contributed by atoms with Crippen LogP contribution in [0.1, 0.15) is 5.82 Å². The molecule has 28 heavy (non-hydrogen) atoms. The first-order chi connectivity index (χ1) is 13.4. The number of aromatic nitrogens is 2. The van der Waals surface area contributed by atoms with E-state index in [1.165, 1.54) is 12.1 Å². The van der Waals surface area contributed by atoms with Crippen LogP contribution >= 0.6 is 11.8 Å². The lowest BCUT2D eigenvalue weighted by atomic mass is 10.3. The first-order valence-corrected chi connectivity index (χ1v) is 9.78. The van der Waals surface area contributed by atoms with Crippen molar-refractivity contribution in [3.63, 3.8) is 0 Å². The number of hydrogen-bond donors (Lipinski definition) is 1. The molecule has 0 aliphatic rings. The number of benzene rings is 2.